The SMILES string of the molecule is CC.CC(C)(C)OC=O.CCC(=O)Nc1cccc(N2CCN(C)CC2)c1C. The van der Waals surface area contributed by atoms with Crippen LogP contribution in [-0.4, -0.2) is 56.1 Å². The topological polar surface area (TPSA) is 61.9 Å². The molecule has 1 amide bonds. The van der Waals surface area contributed by atoms with Crippen LogP contribution in [0.1, 0.15) is 53.5 Å². The van der Waals surface area contributed by atoms with E-state index in [4.69, 9.17) is 0 Å². The van der Waals surface area contributed by atoms with E-state index >= 15 is 0 Å². The third kappa shape index (κ3) is 9.74. The standard InChI is InChI=1S/C15H23N3O.C5H10O2.C2H6/c1-4-15(19)16-13-6-5-7-14(12(13)2)18-10-8-17(3)9-11-18;1-5(2,3)7-4-6;1-2/h5-7H,4,8-11H2,1-3H3,(H,16,19);4H,1-3H3;1-2H3. The predicted molar refractivity (Wildman–Crippen MR) is 118 cm³/mol. The summed E-state index contributed by atoms with van der Waals surface area (Å²) in [5.41, 5.74) is 3.01. The lowest BCUT2D eigenvalue weighted by molar-refractivity contribution is -0.138. The van der Waals surface area contributed by atoms with Gasteiger partial charge in [-0.15, -0.1) is 0 Å². The average Bonchev–Trinajstić information content (AvgIpc) is 2.65. The van der Waals surface area contributed by atoms with Crippen LogP contribution in [0.5, 0.6) is 0 Å². The van der Waals surface area contributed by atoms with E-state index in [0.29, 0.717) is 12.9 Å². The molecule has 0 saturated carbocycles. The molecule has 1 saturated heterocycles. The molecule has 1 heterocycles. The van der Waals surface area contributed by atoms with Crippen molar-refractivity contribution in [3.63, 3.8) is 0 Å². The highest BCUT2D eigenvalue weighted by molar-refractivity contribution is 5.92. The van der Waals surface area contributed by atoms with E-state index in [9.17, 15) is 9.59 Å². The van der Waals surface area contributed by atoms with Gasteiger partial charge in [0.15, 0.2) is 0 Å². The number of nitrogens with one attached hydrogen (secondary N) is 1. The number of carbonyl (C=O) groups is 2. The molecule has 28 heavy (non-hydrogen) atoms. The number of hydrogen-bond donors (Lipinski definition) is 1. The highest BCUT2D eigenvalue weighted by Crippen LogP contribution is 2.27. The minimum absolute atomic E-state index is 0.0682. The zero-order chi connectivity index (χ0) is 21.7. The molecule has 2 rings (SSSR count). The molecule has 1 aromatic rings. The Hall–Kier alpha value is -2.08. The van der Waals surface area contributed by atoms with Crippen LogP contribution in [0.25, 0.3) is 0 Å². The normalized spacial score (nSPS) is 14.1. The number of hydrogen-bond acceptors (Lipinski definition) is 5. The van der Waals surface area contributed by atoms with E-state index in [-0.39, 0.29) is 11.5 Å². The van der Waals surface area contributed by atoms with Crippen molar-refractivity contribution in [1.29, 1.82) is 0 Å². The van der Waals surface area contributed by atoms with Gasteiger partial charge in [-0.1, -0.05) is 26.8 Å². The lowest BCUT2D eigenvalue weighted by Crippen LogP contribution is -2.44. The van der Waals surface area contributed by atoms with Gasteiger partial charge in [0.05, 0.1) is 0 Å². The van der Waals surface area contributed by atoms with Crippen LogP contribution in [0.3, 0.4) is 0 Å². The number of piperazine rings is 1. The lowest BCUT2D eigenvalue weighted by Gasteiger charge is -2.35. The zero-order valence-corrected chi connectivity index (χ0v) is 19.0. The van der Waals surface area contributed by atoms with Crippen LogP contribution in [0.2, 0.25) is 0 Å². The van der Waals surface area contributed by atoms with Gasteiger partial charge in [-0.3, -0.25) is 9.59 Å². The van der Waals surface area contributed by atoms with Crippen LogP contribution in [0.4, 0.5) is 11.4 Å². The van der Waals surface area contributed by atoms with E-state index < -0.39 is 0 Å². The maximum Gasteiger partial charge on any atom is 0.293 e. The van der Waals surface area contributed by atoms with Gasteiger partial charge in [0.1, 0.15) is 5.60 Å². The Bertz CT molecular complexity index is 589. The summed E-state index contributed by atoms with van der Waals surface area (Å²) < 4.78 is 4.55. The zero-order valence-electron chi connectivity index (χ0n) is 19.0. The third-order valence-electron chi connectivity index (χ3n) is 4.15. The molecule has 1 aromatic carbocycles. The summed E-state index contributed by atoms with van der Waals surface area (Å²) in [6.45, 7) is 18.1. The van der Waals surface area contributed by atoms with E-state index in [1.54, 1.807) is 0 Å². The Morgan fingerprint density at radius 1 is 1.18 bits per heavy atom. The van der Waals surface area contributed by atoms with Crippen LogP contribution >= 0.6 is 0 Å². The van der Waals surface area contributed by atoms with Gasteiger partial charge >= 0.3 is 0 Å². The van der Waals surface area contributed by atoms with Crippen LogP contribution in [0.15, 0.2) is 18.2 Å². The molecule has 160 valence electrons. The van der Waals surface area contributed by atoms with E-state index in [2.05, 4.69) is 39.9 Å². The highest BCUT2D eigenvalue weighted by Gasteiger charge is 2.17. The number of carbonyl (C=O) groups excluding carboxylic acids is 2. The summed E-state index contributed by atoms with van der Waals surface area (Å²) in [5, 5.41) is 2.97. The summed E-state index contributed by atoms with van der Waals surface area (Å²) in [7, 11) is 2.15. The Morgan fingerprint density at radius 3 is 2.18 bits per heavy atom. The smallest absolute Gasteiger partial charge is 0.293 e. The first-order chi connectivity index (χ1) is 13.2. The predicted octanol–water partition coefficient (Wildman–Crippen LogP) is 4.08. The van der Waals surface area contributed by atoms with Crippen molar-refractivity contribution in [3.05, 3.63) is 23.8 Å². The Balaban J connectivity index is 0.000000688. The minimum atomic E-state index is -0.318. The van der Waals surface area contributed by atoms with Crippen molar-refractivity contribution in [2.24, 2.45) is 0 Å². The Kier molecular flexibility index (Phi) is 12.2. The number of amides is 1. The molecule has 6 nitrogen and oxygen atoms in total. The number of likely N-dealkylation sites (N-methyl/N-ethyl adjacent to an activating group) is 1. The summed E-state index contributed by atoms with van der Waals surface area (Å²) in [5.74, 6) is 0.0682. The van der Waals surface area contributed by atoms with Crippen molar-refractivity contribution in [2.75, 3.05) is 43.4 Å². The molecule has 0 bridgehead atoms. The number of rotatable bonds is 4. The quantitative estimate of drug-likeness (QED) is 0.781. The molecule has 0 unspecified atom stereocenters. The fraction of sp³-hybridized carbons (Fsp3) is 0.636. The molecule has 0 radical (unpaired) electrons. The molecule has 0 atom stereocenters. The molecule has 6 heteroatoms. The minimum Gasteiger partial charge on any atom is -0.462 e. The first-order valence-corrected chi connectivity index (χ1v) is 10.1. The van der Waals surface area contributed by atoms with Crippen LogP contribution in [0, 0.1) is 6.92 Å². The molecule has 1 aliphatic heterocycles. The van der Waals surface area contributed by atoms with Gasteiger partial charge in [-0.2, -0.15) is 0 Å². The number of nitrogens with zero attached hydrogens (tertiary/aromatic N) is 2. The second-order valence-corrected chi connectivity index (χ2v) is 7.47. The molecule has 0 aromatic heterocycles. The fourth-order valence-corrected chi connectivity index (χ4v) is 2.53. The van der Waals surface area contributed by atoms with Gasteiger partial charge in [0.2, 0.25) is 5.91 Å². The van der Waals surface area contributed by atoms with Gasteiger partial charge < -0.3 is 19.9 Å². The monoisotopic (exact) mass is 393 g/mol. The van der Waals surface area contributed by atoms with Gasteiger partial charge in [0, 0.05) is 44.0 Å². The number of benzene rings is 1. The number of anilines is 2. The lowest BCUT2D eigenvalue weighted by atomic mass is 10.1. The first-order valence-electron chi connectivity index (χ1n) is 10.1. The molecular formula is C22H39N3O3. The highest BCUT2D eigenvalue weighted by atomic mass is 16.5. The van der Waals surface area contributed by atoms with Crippen molar-refractivity contribution in [2.45, 2.75) is 60.5 Å². The van der Waals surface area contributed by atoms with E-state index in [1.807, 2.05) is 53.7 Å². The van der Waals surface area contributed by atoms with E-state index in [1.165, 1.54) is 5.69 Å². The van der Waals surface area contributed by atoms with E-state index in [0.717, 1.165) is 37.4 Å². The molecular weight excluding hydrogens is 354 g/mol. The van der Waals surface area contributed by atoms with Crippen molar-refractivity contribution >= 4 is 23.8 Å². The number of ether oxygens (including phenoxy) is 1. The largest absolute Gasteiger partial charge is 0.462 e. The van der Waals surface area contributed by atoms with Crippen molar-refractivity contribution in [3.8, 4) is 0 Å². The second-order valence-electron chi connectivity index (χ2n) is 7.47. The summed E-state index contributed by atoms with van der Waals surface area (Å²) in [6.07, 6.45) is 0.512. The van der Waals surface area contributed by atoms with Gasteiger partial charge in [0.25, 0.3) is 6.47 Å². The molecule has 0 spiro atoms. The molecule has 1 fully saturated rings. The molecule has 1 aliphatic rings. The molecule has 0 aliphatic carbocycles. The summed E-state index contributed by atoms with van der Waals surface area (Å²) in [6, 6.07) is 6.14. The van der Waals surface area contributed by atoms with Crippen molar-refractivity contribution in [1.82, 2.24) is 4.90 Å². The van der Waals surface area contributed by atoms with Crippen LogP contribution < -0.4 is 10.2 Å². The third-order valence-corrected chi connectivity index (χ3v) is 4.15. The fourth-order valence-electron chi connectivity index (χ4n) is 2.53. The summed E-state index contributed by atoms with van der Waals surface area (Å²) >= 11 is 0. The van der Waals surface area contributed by atoms with Gasteiger partial charge in [-0.25, -0.2) is 0 Å². The Labute approximate surface area is 171 Å². The Morgan fingerprint density at radius 2 is 1.75 bits per heavy atom. The maximum atomic E-state index is 11.5. The maximum absolute atomic E-state index is 11.5. The second kappa shape index (κ2) is 13.2. The summed E-state index contributed by atoms with van der Waals surface area (Å²) in [4.78, 5) is 25.9. The van der Waals surface area contributed by atoms with Crippen LogP contribution in [-0.2, 0) is 14.3 Å². The first kappa shape index (κ1) is 25.9. The van der Waals surface area contributed by atoms with Crippen molar-refractivity contribution < 1.29 is 14.3 Å². The van der Waals surface area contributed by atoms with Gasteiger partial charge in [-0.05, 0) is 52.4 Å². The molecule has 1 N–H and O–H groups in total. The average molecular weight is 394 g/mol.